The number of amides is 1. The number of allylic oxidation sites excluding steroid dienone is 5. The van der Waals surface area contributed by atoms with Crippen LogP contribution in [0.1, 0.15) is 232 Å². The van der Waals surface area contributed by atoms with Crippen LogP contribution >= 0.6 is 7.82 Å². The van der Waals surface area contributed by atoms with Crippen LogP contribution in [0.15, 0.2) is 36.5 Å². The van der Waals surface area contributed by atoms with Crippen LogP contribution in [-0.4, -0.2) is 73.4 Å². The number of nitrogens with zero attached hydrogens (tertiary/aromatic N) is 1. The predicted molar refractivity (Wildman–Crippen MR) is 258 cm³/mol. The number of aliphatic hydroxyl groups excluding tert-OH is 1. The zero-order valence-electron chi connectivity index (χ0n) is 40.2. The van der Waals surface area contributed by atoms with E-state index >= 15 is 0 Å². The Kier molecular flexibility index (Phi) is 42.1. The lowest BCUT2D eigenvalue weighted by Crippen LogP contribution is -2.45. The molecule has 0 aliphatic rings. The van der Waals surface area contributed by atoms with E-state index in [0.717, 1.165) is 51.4 Å². The van der Waals surface area contributed by atoms with Gasteiger partial charge in [0.15, 0.2) is 0 Å². The summed E-state index contributed by atoms with van der Waals surface area (Å²) in [5.41, 5.74) is 0. The van der Waals surface area contributed by atoms with Crippen molar-refractivity contribution in [3.8, 4) is 0 Å². The van der Waals surface area contributed by atoms with E-state index in [2.05, 4.69) is 43.5 Å². The molecule has 3 atom stereocenters. The lowest BCUT2D eigenvalue weighted by Gasteiger charge is -2.25. The zero-order chi connectivity index (χ0) is 44.3. The van der Waals surface area contributed by atoms with Gasteiger partial charge < -0.3 is 19.8 Å². The molecule has 0 spiro atoms. The minimum Gasteiger partial charge on any atom is -0.387 e. The summed E-state index contributed by atoms with van der Waals surface area (Å²) < 4.78 is 23.6. The number of aliphatic hydroxyl groups is 1. The van der Waals surface area contributed by atoms with Crippen LogP contribution in [0.3, 0.4) is 0 Å². The summed E-state index contributed by atoms with van der Waals surface area (Å²) in [7, 11) is 1.55. The number of phosphoric ester groups is 1. The fourth-order valence-corrected chi connectivity index (χ4v) is 8.03. The average Bonchev–Trinajstić information content (AvgIpc) is 3.20. The molecular weight excluding hydrogens is 768 g/mol. The van der Waals surface area contributed by atoms with Crippen molar-refractivity contribution in [2.24, 2.45) is 0 Å². The number of carbonyl (C=O) groups excluding carboxylic acids is 1. The molecule has 354 valence electrons. The van der Waals surface area contributed by atoms with E-state index in [1.807, 2.05) is 27.2 Å². The Morgan fingerprint density at radius 1 is 0.550 bits per heavy atom. The number of rotatable bonds is 46. The molecule has 0 aromatic rings. The molecule has 0 fully saturated rings. The second-order valence-electron chi connectivity index (χ2n) is 18.5. The third-order valence-electron chi connectivity index (χ3n) is 11.3. The maximum Gasteiger partial charge on any atom is 0.472 e. The van der Waals surface area contributed by atoms with Crippen molar-refractivity contribution >= 4 is 13.7 Å². The van der Waals surface area contributed by atoms with Crippen LogP contribution in [0, 0.1) is 0 Å². The molecule has 0 aromatic carbocycles. The molecule has 0 heterocycles. The molecule has 0 saturated carbocycles. The van der Waals surface area contributed by atoms with Gasteiger partial charge in [-0.1, -0.05) is 224 Å². The molecule has 9 heteroatoms. The van der Waals surface area contributed by atoms with Gasteiger partial charge in [-0.05, 0) is 38.5 Å². The minimum absolute atomic E-state index is 0.0546. The Hall–Kier alpha value is -1.28. The van der Waals surface area contributed by atoms with E-state index in [0.29, 0.717) is 17.4 Å². The summed E-state index contributed by atoms with van der Waals surface area (Å²) in [5.74, 6) is -0.189. The number of hydrogen-bond donors (Lipinski definition) is 3. The average molecular weight is 868 g/mol. The lowest BCUT2D eigenvalue weighted by atomic mass is 10.0. The van der Waals surface area contributed by atoms with E-state index in [1.165, 1.54) is 161 Å². The van der Waals surface area contributed by atoms with E-state index in [9.17, 15) is 19.4 Å². The summed E-state index contributed by atoms with van der Waals surface area (Å²) >= 11 is 0. The number of quaternary nitrogens is 1. The van der Waals surface area contributed by atoms with Crippen molar-refractivity contribution < 1.29 is 32.9 Å². The summed E-state index contributed by atoms with van der Waals surface area (Å²) in [4.78, 5) is 23.1. The van der Waals surface area contributed by atoms with Crippen LogP contribution in [0.5, 0.6) is 0 Å². The van der Waals surface area contributed by atoms with Gasteiger partial charge in [0.1, 0.15) is 13.2 Å². The van der Waals surface area contributed by atoms with Crippen LogP contribution < -0.4 is 5.32 Å². The molecule has 0 aromatic heterocycles. The number of phosphoric acid groups is 1. The fourth-order valence-electron chi connectivity index (χ4n) is 7.30. The molecule has 0 bridgehead atoms. The van der Waals surface area contributed by atoms with Gasteiger partial charge in [0.05, 0.1) is 39.9 Å². The monoisotopic (exact) mass is 868 g/mol. The van der Waals surface area contributed by atoms with Crippen LogP contribution in [0.25, 0.3) is 0 Å². The molecule has 8 nitrogen and oxygen atoms in total. The third kappa shape index (κ3) is 44.8. The maximum absolute atomic E-state index is 12.9. The second-order valence-corrected chi connectivity index (χ2v) is 20.0. The van der Waals surface area contributed by atoms with Crippen molar-refractivity contribution in [2.45, 2.75) is 244 Å². The zero-order valence-corrected chi connectivity index (χ0v) is 41.1. The van der Waals surface area contributed by atoms with Crippen LogP contribution in [-0.2, 0) is 18.4 Å². The van der Waals surface area contributed by atoms with Crippen molar-refractivity contribution in [3.63, 3.8) is 0 Å². The van der Waals surface area contributed by atoms with Crippen LogP contribution in [0.4, 0.5) is 0 Å². The highest BCUT2D eigenvalue weighted by Crippen LogP contribution is 2.43. The number of carbonyl (C=O) groups is 1. The smallest absolute Gasteiger partial charge is 0.387 e. The number of unbranched alkanes of at least 4 members (excludes halogenated alkanes) is 29. The summed E-state index contributed by atoms with van der Waals surface area (Å²) in [5, 5.41) is 13.8. The van der Waals surface area contributed by atoms with Gasteiger partial charge in [0, 0.05) is 6.42 Å². The molecule has 3 unspecified atom stereocenters. The Bertz CT molecular complexity index is 1070. The Morgan fingerprint density at radius 3 is 1.32 bits per heavy atom. The molecule has 0 aliphatic carbocycles. The summed E-state index contributed by atoms with van der Waals surface area (Å²) in [6.45, 7) is 4.75. The van der Waals surface area contributed by atoms with Crippen molar-refractivity contribution in [3.05, 3.63) is 36.5 Å². The van der Waals surface area contributed by atoms with Gasteiger partial charge in [-0.25, -0.2) is 4.57 Å². The molecular formula is C51H100N2O6P+. The first-order chi connectivity index (χ1) is 29.0. The standard InChI is InChI=1S/C51H99N2O6P/c1-6-8-10-12-14-16-18-20-21-22-23-24-25-26-27-28-29-30-31-32-33-35-37-39-41-43-45-51(55)52-49(48-59-60(56,57)58-47-46-53(3,4)5)50(54)44-42-40-38-36-34-19-17-15-13-11-9-7-2/h13,15,34,36,42,44,49-50,54H,6-12,14,16-33,35,37-41,43,45-48H2,1-5H3,(H-,52,55,56,57)/p+1/b15-13+,36-34+,44-42+. The first-order valence-electron chi connectivity index (χ1n) is 25.4. The summed E-state index contributed by atoms with van der Waals surface area (Å²) in [6.07, 6.45) is 53.9. The fraction of sp³-hybridized carbons (Fsp3) is 0.863. The van der Waals surface area contributed by atoms with Crippen molar-refractivity contribution in [1.82, 2.24) is 5.32 Å². The van der Waals surface area contributed by atoms with Gasteiger partial charge >= 0.3 is 7.82 Å². The first-order valence-corrected chi connectivity index (χ1v) is 26.9. The normalized spacial score (nSPS) is 14.4. The van der Waals surface area contributed by atoms with E-state index in [4.69, 9.17) is 9.05 Å². The van der Waals surface area contributed by atoms with E-state index < -0.39 is 20.0 Å². The Morgan fingerprint density at radius 2 is 0.917 bits per heavy atom. The quantitative estimate of drug-likeness (QED) is 0.0244. The largest absolute Gasteiger partial charge is 0.472 e. The summed E-state index contributed by atoms with van der Waals surface area (Å²) in [6, 6.07) is -0.865. The van der Waals surface area contributed by atoms with Gasteiger partial charge in [-0.2, -0.15) is 0 Å². The molecule has 1 amide bonds. The van der Waals surface area contributed by atoms with Crippen LogP contribution in [0.2, 0.25) is 0 Å². The first kappa shape index (κ1) is 58.7. The van der Waals surface area contributed by atoms with E-state index in [-0.39, 0.29) is 19.1 Å². The molecule has 0 aliphatic heterocycles. The minimum atomic E-state index is -4.35. The molecule has 0 rings (SSSR count). The Balaban J connectivity index is 4.15. The van der Waals surface area contributed by atoms with Gasteiger partial charge in [-0.15, -0.1) is 0 Å². The highest BCUT2D eigenvalue weighted by molar-refractivity contribution is 7.47. The van der Waals surface area contributed by atoms with Crippen molar-refractivity contribution in [2.75, 3.05) is 40.9 Å². The predicted octanol–water partition coefficient (Wildman–Crippen LogP) is 14.6. The van der Waals surface area contributed by atoms with Gasteiger partial charge in [-0.3, -0.25) is 13.8 Å². The second kappa shape index (κ2) is 43.0. The third-order valence-corrected chi connectivity index (χ3v) is 12.3. The molecule has 0 saturated heterocycles. The highest BCUT2D eigenvalue weighted by atomic mass is 31.2. The maximum atomic E-state index is 12.9. The van der Waals surface area contributed by atoms with Gasteiger partial charge in [0.25, 0.3) is 0 Å². The SMILES string of the molecule is CCCC/C=C/CC/C=C/CC/C=C/C(O)C(COP(=O)(O)OCC[N+](C)(C)C)NC(=O)CCCCCCCCCCCCCCCCCCCCCCCCCCCC. The molecule has 60 heavy (non-hydrogen) atoms. The number of hydrogen-bond acceptors (Lipinski definition) is 5. The molecule has 0 radical (unpaired) electrons. The van der Waals surface area contributed by atoms with Gasteiger partial charge in [0.2, 0.25) is 5.91 Å². The highest BCUT2D eigenvalue weighted by Gasteiger charge is 2.27. The molecule has 3 N–H and O–H groups in total. The van der Waals surface area contributed by atoms with Crippen molar-refractivity contribution in [1.29, 1.82) is 0 Å². The number of nitrogens with one attached hydrogen (secondary N) is 1. The van der Waals surface area contributed by atoms with E-state index in [1.54, 1.807) is 6.08 Å². The lowest BCUT2D eigenvalue weighted by molar-refractivity contribution is -0.870. The Labute approximate surface area is 372 Å². The topological polar surface area (TPSA) is 105 Å². The number of likely N-dealkylation sites (N-methyl/N-ethyl adjacent to an activating group) is 1.